The summed E-state index contributed by atoms with van der Waals surface area (Å²) in [6.45, 7) is 0. The molecule has 1 aromatic heterocycles. The van der Waals surface area contributed by atoms with Crippen molar-refractivity contribution in [3.05, 3.63) is 53.6 Å². The normalized spacial score (nSPS) is 14.6. The maximum atomic E-state index is 5.81. The number of thiazole rings is 1. The van der Waals surface area contributed by atoms with Crippen molar-refractivity contribution in [2.24, 2.45) is 0 Å². The molecule has 0 saturated heterocycles. The van der Waals surface area contributed by atoms with Crippen LogP contribution in [0.1, 0.15) is 11.1 Å². The number of nitrogens with zero attached hydrogens (tertiary/aromatic N) is 1. The Kier molecular flexibility index (Phi) is 2.63. The third-order valence-corrected chi connectivity index (χ3v) is 4.74. The second-order valence-corrected chi connectivity index (χ2v) is 6.30. The van der Waals surface area contributed by atoms with E-state index in [0.29, 0.717) is 6.04 Å². The molecule has 3 N–H and O–H groups in total. The number of rotatable bonds is 2. The number of fused-ring (bicyclic) bond motifs is 2. The monoisotopic (exact) mass is 281 g/mol. The van der Waals surface area contributed by atoms with E-state index in [4.69, 9.17) is 5.73 Å². The predicted octanol–water partition coefficient (Wildman–Crippen LogP) is 3.46. The number of aromatic nitrogens is 1. The van der Waals surface area contributed by atoms with Crippen molar-refractivity contribution in [3.63, 3.8) is 0 Å². The second-order valence-electron chi connectivity index (χ2n) is 5.26. The van der Waals surface area contributed by atoms with Crippen LogP contribution in [0.5, 0.6) is 0 Å². The number of nitrogens with one attached hydrogen (secondary N) is 1. The van der Waals surface area contributed by atoms with E-state index in [1.807, 2.05) is 18.2 Å². The van der Waals surface area contributed by atoms with Crippen LogP contribution in [0.3, 0.4) is 0 Å². The Morgan fingerprint density at radius 2 is 1.85 bits per heavy atom. The van der Waals surface area contributed by atoms with Gasteiger partial charge in [-0.15, -0.1) is 0 Å². The molecule has 4 rings (SSSR count). The average molecular weight is 281 g/mol. The SMILES string of the molecule is Nc1ccc2nc(NC3Cc4ccccc4C3)sc2c1. The van der Waals surface area contributed by atoms with Gasteiger partial charge in [0, 0.05) is 11.7 Å². The van der Waals surface area contributed by atoms with Gasteiger partial charge in [0.15, 0.2) is 5.13 Å². The Morgan fingerprint density at radius 1 is 1.10 bits per heavy atom. The summed E-state index contributed by atoms with van der Waals surface area (Å²) in [5, 5.41) is 4.55. The summed E-state index contributed by atoms with van der Waals surface area (Å²) >= 11 is 1.67. The molecule has 3 aromatic rings. The van der Waals surface area contributed by atoms with Gasteiger partial charge in [-0.3, -0.25) is 0 Å². The molecule has 0 atom stereocenters. The highest BCUT2D eigenvalue weighted by molar-refractivity contribution is 7.22. The van der Waals surface area contributed by atoms with E-state index < -0.39 is 0 Å². The number of hydrogen-bond acceptors (Lipinski definition) is 4. The van der Waals surface area contributed by atoms with Gasteiger partial charge in [0.05, 0.1) is 10.2 Å². The van der Waals surface area contributed by atoms with Crippen LogP contribution >= 0.6 is 11.3 Å². The lowest BCUT2D eigenvalue weighted by molar-refractivity contribution is 0.773. The number of nitrogen functional groups attached to an aromatic ring is 1. The first-order chi connectivity index (χ1) is 9.78. The molecule has 0 fully saturated rings. The van der Waals surface area contributed by atoms with Crippen LogP contribution in [0.25, 0.3) is 10.2 Å². The van der Waals surface area contributed by atoms with E-state index in [-0.39, 0.29) is 0 Å². The molecule has 3 nitrogen and oxygen atoms in total. The molecule has 4 heteroatoms. The Balaban J connectivity index is 1.57. The van der Waals surface area contributed by atoms with Crippen LogP contribution in [0.2, 0.25) is 0 Å². The van der Waals surface area contributed by atoms with Crippen molar-refractivity contribution in [2.75, 3.05) is 11.1 Å². The maximum Gasteiger partial charge on any atom is 0.184 e. The lowest BCUT2D eigenvalue weighted by Gasteiger charge is -2.09. The van der Waals surface area contributed by atoms with Gasteiger partial charge in [0.25, 0.3) is 0 Å². The molecule has 0 radical (unpaired) electrons. The predicted molar refractivity (Wildman–Crippen MR) is 85.3 cm³/mol. The van der Waals surface area contributed by atoms with Crippen LogP contribution in [0.4, 0.5) is 10.8 Å². The minimum Gasteiger partial charge on any atom is -0.399 e. The van der Waals surface area contributed by atoms with Crippen molar-refractivity contribution in [1.29, 1.82) is 0 Å². The van der Waals surface area contributed by atoms with Crippen LogP contribution in [-0.2, 0) is 12.8 Å². The second kappa shape index (κ2) is 4.49. The lowest BCUT2D eigenvalue weighted by atomic mass is 10.1. The van der Waals surface area contributed by atoms with Gasteiger partial charge >= 0.3 is 0 Å². The summed E-state index contributed by atoms with van der Waals surface area (Å²) in [5.41, 5.74) is 10.5. The van der Waals surface area contributed by atoms with Crippen molar-refractivity contribution >= 4 is 32.4 Å². The number of benzene rings is 2. The first-order valence-corrected chi connectivity index (χ1v) is 7.59. The zero-order valence-corrected chi connectivity index (χ0v) is 11.8. The molecule has 1 heterocycles. The summed E-state index contributed by atoms with van der Waals surface area (Å²) in [7, 11) is 0. The molecule has 0 amide bonds. The summed E-state index contributed by atoms with van der Waals surface area (Å²) < 4.78 is 1.14. The molecular weight excluding hydrogens is 266 g/mol. The molecule has 0 unspecified atom stereocenters. The smallest absolute Gasteiger partial charge is 0.184 e. The van der Waals surface area contributed by atoms with E-state index in [9.17, 15) is 0 Å². The molecule has 1 aliphatic rings. The molecule has 2 aromatic carbocycles. The summed E-state index contributed by atoms with van der Waals surface area (Å²) in [5.74, 6) is 0. The maximum absolute atomic E-state index is 5.81. The fourth-order valence-corrected chi connectivity index (χ4v) is 3.83. The average Bonchev–Trinajstić information content (AvgIpc) is 3.00. The molecule has 20 heavy (non-hydrogen) atoms. The number of anilines is 2. The largest absolute Gasteiger partial charge is 0.399 e. The Morgan fingerprint density at radius 3 is 2.60 bits per heavy atom. The van der Waals surface area contributed by atoms with Gasteiger partial charge in [-0.1, -0.05) is 35.6 Å². The van der Waals surface area contributed by atoms with Crippen LogP contribution < -0.4 is 11.1 Å². The molecule has 0 saturated carbocycles. The van der Waals surface area contributed by atoms with Gasteiger partial charge in [0.1, 0.15) is 0 Å². The first kappa shape index (κ1) is 11.7. The number of hydrogen-bond donors (Lipinski definition) is 2. The minimum absolute atomic E-state index is 0.449. The zero-order chi connectivity index (χ0) is 13.5. The standard InChI is InChI=1S/C16H15N3S/c17-12-5-6-14-15(9-12)20-16(19-14)18-13-7-10-3-1-2-4-11(10)8-13/h1-6,9,13H,7-8,17H2,(H,18,19). The molecule has 0 spiro atoms. The zero-order valence-electron chi connectivity index (χ0n) is 11.0. The van der Waals surface area contributed by atoms with Crippen LogP contribution in [0, 0.1) is 0 Å². The molecule has 0 aliphatic heterocycles. The summed E-state index contributed by atoms with van der Waals surface area (Å²) in [6, 6.07) is 15.0. The van der Waals surface area contributed by atoms with Crippen LogP contribution in [-0.4, -0.2) is 11.0 Å². The van der Waals surface area contributed by atoms with Gasteiger partial charge in [-0.2, -0.15) is 0 Å². The molecule has 1 aliphatic carbocycles. The Bertz CT molecular complexity index is 753. The van der Waals surface area contributed by atoms with Crippen molar-refractivity contribution in [1.82, 2.24) is 4.98 Å². The molecular formula is C16H15N3S. The third kappa shape index (κ3) is 2.02. The van der Waals surface area contributed by atoms with Crippen molar-refractivity contribution in [3.8, 4) is 0 Å². The van der Waals surface area contributed by atoms with Crippen LogP contribution in [0.15, 0.2) is 42.5 Å². The highest BCUT2D eigenvalue weighted by Gasteiger charge is 2.21. The highest BCUT2D eigenvalue weighted by atomic mass is 32.1. The van der Waals surface area contributed by atoms with E-state index >= 15 is 0 Å². The van der Waals surface area contributed by atoms with E-state index in [0.717, 1.165) is 33.9 Å². The van der Waals surface area contributed by atoms with Gasteiger partial charge in [0.2, 0.25) is 0 Å². The summed E-state index contributed by atoms with van der Waals surface area (Å²) in [6.07, 6.45) is 2.16. The van der Waals surface area contributed by atoms with E-state index in [1.54, 1.807) is 11.3 Å². The van der Waals surface area contributed by atoms with E-state index in [2.05, 4.69) is 34.6 Å². The topological polar surface area (TPSA) is 50.9 Å². The van der Waals surface area contributed by atoms with Crippen molar-refractivity contribution in [2.45, 2.75) is 18.9 Å². The minimum atomic E-state index is 0.449. The fraction of sp³-hybridized carbons (Fsp3) is 0.188. The van der Waals surface area contributed by atoms with Gasteiger partial charge in [-0.25, -0.2) is 4.98 Å². The fourth-order valence-electron chi connectivity index (χ4n) is 2.84. The summed E-state index contributed by atoms with van der Waals surface area (Å²) in [4.78, 5) is 4.63. The Hall–Kier alpha value is -2.07. The lowest BCUT2D eigenvalue weighted by Crippen LogP contribution is -2.19. The van der Waals surface area contributed by atoms with Gasteiger partial charge < -0.3 is 11.1 Å². The third-order valence-electron chi connectivity index (χ3n) is 3.79. The van der Waals surface area contributed by atoms with Gasteiger partial charge in [-0.05, 0) is 42.2 Å². The highest BCUT2D eigenvalue weighted by Crippen LogP contribution is 2.30. The van der Waals surface area contributed by atoms with Crippen molar-refractivity contribution < 1.29 is 0 Å². The van der Waals surface area contributed by atoms with E-state index in [1.165, 1.54) is 11.1 Å². The molecule has 100 valence electrons. The first-order valence-electron chi connectivity index (χ1n) is 6.77. The Labute approximate surface area is 121 Å². The quantitative estimate of drug-likeness (QED) is 0.707. The number of nitrogens with two attached hydrogens (primary N) is 1. The molecule has 0 bridgehead atoms.